The molecule has 0 aromatic carbocycles. The molecule has 0 aliphatic carbocycles. The summed E-state index contributed by atoms with van der Waals surface area (Å²) in [7, 11) is 0. The van der Waals surface area contributed by atoms with Gasteiger partial charge in [-0.05, 0) is 41.9 Å². The van der Waals surface area contributed by atoms with Crippen molar-refractivity contribution in [3.05, 3.63) is 16.9 Å². The molecule has 0 atom stereocenters. The van der Waals surface area contributed by atoms with Crippen molar-refractivity contribution in [2.75, 3.05) is 13.1 Å². The average molecular weight is 272 g/mol. The lowest BCUT2D eigenvalue weighted by Gasteiger charge is -2.24. The molecule has 4 heteroatoms. The Labute approximate surface area is 99.6 Å². The standard InChI is InChI=1S/C11H18BrN3/c12-11-8-13-15(9-11)10-14-6-4-2-1-3-5-7-14/h8-9H,1-7,10H2. The minimum atomic E-state index is 0.936. The van der Waals surface area contributed by atoms with Gasteiger partial charge in [-0.2, -0.15) is 5.10 Å². The van der Waals surface area contributed by atoms with Gasteiger partial charge in [-0.15, -0.1) is 0 Å². The first-order valence-corrected chi connectivity index (χ1v) is 6.54. The van der Waals surface area contributed by atoms with Gasteiger partial charge >= 0.3 is 0 Å². The fourth-order valence-corrected chi connectivity index (χ4v) is 2.40. The zero-order chi connectivity index (χ0) is 10.5. The number of rotatable bonds is 2. The molecule has 0 amide bonds. The van der Waals surface area contributed by atoms with E-state index in [4.69, 9.17) is 0 Å². The highest BCUT2D eigenvalue weighted by atomic mass is 79.9. The molecule has 0 bridgehead atoms. The summed E-state index contributed by atoms with van der Waals surface area (Å²) in [5, 5.41) is 4.29. The number of hydrogen-bond donors (Lipinski definition) is 0. The van der Waals surface area contributed by atoms with Crippen molar-refractivity contribution in [3.8, 4) is 0 Å². The van der Waals surface area contributed by atoms with Crippen LogP contribution in [-0.2, 0) is 6.67 Å². The quantitative estimate of drug-likeness (QED) is 0.825. The van der Waals surface area contributed by atoms with Crippen LogP contribution in [0.5, 0.6) is 0 Å². The van der Waals surface area contributed by atoms with Gasteiger partial charge in [0.05, 0.1) is 17.3 Å². The first-order chi connectivity index (χ1) is 7.34. The monoisotopic (exact) mass is 271 g/mol. The molecule has 84 valence electrons. The van der Waals surface area contributed by atoms with Gasteiger partial charge in [0.1, 0.15) is 0 Å². The van der Waals surface area contributed by atoms with Gasteiger partial charge < -0.3 is 0 Å². The molecule has 0 N–H and O–H groups in total. The molecule has 1 aromatic heterocycles. The number of nitrogens with zero attached hydrogens (tertiary/aromatic N) is 3. The van der Waals surface area contributed by atoms with Crippen molar-refractivity contribution in [2.45, 2.75) is 38.8 Å². The molecule has 0 unspecified atom stereocenters. The summed E-state index contributed by atoms with van der Waals surface area (Å²) < 4.78 is 3.07. The van der Waals surface area contributed by atoms with Crippen LogP contribution >= 0.6 is 15.9 Å². The van der Waals surface area contributed by atoms with E-state index < -0.39 is 0 Å². The van der Waals surface area contributed by atoms with Crippen molar-refractivity contribution in [2.24, 2.45) is 0 Å². The topological polar surface area (TPSA) is 21.1 Å². The third-order valence-corrected chi connectivity index (χ3v) is 3.30. The second-order valence-electron chi connectivity index (χ2n) is 4.23. The Balaban J connectivity index is 1.86. The van der Waals surface area contributed by atoms with Gasteiger partial charge in [-0.25, -0.2) is 0 Å². The Hall–Kier alpha value is -0.350. The predicted molar refractivity (Wildman–Crippen MR) is 64.6 cm³/mol. The van der Waals surface area contributed by atoms with Crippen LogP contribution in [0.15, 0.2) is 16.9 Å². The molecule has 0 saturated carbocycles. The van der Waals surface area contributed by atoms with E-state index in [0.717, 1.165) is 11.1 Å². The maximum absolute atomic E-state index is 4.29. The molecule has 2 heterocycles. The van der Waals surface area contributed by atoms with Crippen molar-refractivity contribution in [3.63, 3.8) is 0 Å². The minimum Gasteiger partial charge on any atom is -0.284 e. The first kappa shape index (κ1) is 11.1. The molecular weight excluding hydrogens is 254 g/mol. The number of aromatic nitrogens is 2. The van der Waals surface area contributed by atoms with E-state index in [0.29, 0.717) is 0 Å². The van der Waals surface area contributed by atoms with Gasteiger partial charge in [0, 0.05) is 6.20 Å². The summed E-state index contributed by atoms with van der Waals surface area (Å²) in [5.41, 5.74) is 0. The summed E-state index contributed by atoms with van der Waals surface area (Å²) in [6.07, 6.45) is 10.8. The fraction of sp³-hybridized carbons (Fsp3) is 0.727. The molecule has 0 spiro atoms. The molecule has 2 rings (SSSR count). The first-order valence-electron chi connectivity index (χ1n) is 5.75. The van der Waals surface area contributed by atoms with E-state index in [-0.39, 0.29) is 0 Å². The summed E-state index contributed by atoms with van der Waals surface area (Å²) >= 11 is 3.42. The van der Waals surface area contributed by atoms with Gasteiger partial charge in [0.25, 0.3) is 0 Å². The predicted octanol–water partition coefficient (Wildman–Crippen LogP) is 2.87. The van der Waals surface area contributed by atoms with Crippen LogP contribution in [0.25, 0.3) is 0 Å². The third-order valence-electron chi connectivity index (χ3n) is 2.90. The van der Waals surface area contributed by atoms with Gasteiger partial charge in [0.15, 0.2) is 0 Å². The lowest BCUT2D eigenvalue weighted by molar-refractivity contribution is 0.189. The molecule has 15 heavy (non-hydrogen) atoms. The average Bonchev–Trinajstić information content (AvgIpc) is 2.56. The molecule has 1 aromatic rings. The fourth-order valence-electron chi connectivity index (χ4n) is 2.07. The second-order valence-corrected chi connectivity index (χ2v) is 5.14. The Bertz CT molecular complexity index is 290. The van der Waals surface area contributed by atoms with E-state index in [2.05, 4.69) is 25.9 Å². The molecule has 0 radical (unpaired) electrons. The van der Waals surface area contributed by atoms with Crippen LogP contribution in [0, 0.1) is 0 Å². The smallest absolute Gasteiger partial charge is 0.0929 e. The van der Waals surface area contributed by atoms with Gasteiger partial charge in [-0.1, -0.05) is 19.3 Å². The highest BCUT2D eigenvalue weighted by Gasteiger charge is 2.08. The summed E-state index contributed by atoms with van der Waals surface area (Å²) in [5.74, 6) is 0. The summed E-state index contributed by atoms with van der Waals surface area (Å²) in [6.45, 7) is 3.38. The van der Waals surface area contributed by atoms with E-state index in [1.807, 2.05) is 17.1 Å². The van der Waals surface area contributed by atoms with Crippen LogP contribution in [0.3, 0.4) is 0 Å². The largest absolute Gasteiger partial charge is 0.284 e. The highest BCUT2D eigenvalue weighted by Crippen LogP contribution is 2.12. The maximum Gasteiger partial charge on any atom is 0.0929 e. The Morgan fingerprint density at radius 3 is 2.40 bits per heavy atom. The summed E-state index contributed by atoms with van der Waals surface area (Å²) in [4.78, 5) is 2.50. The minimum absolute atomic E-state index is 0.936. The lowest BCUT2D eigenvalue weighted by Crippen LogP contribution is -2.29. The van der Waals surface area contributed by atoms with E-state index >= 15 is 0 Å². The Kier molecular flexibility index (Phi) is 4.20. The third kappa shape index (κ3) is 3.61. The van der Waals surface area contributed by atoms with E-state index in [1.165, 1.54) is 45.2 Å². The molecule has 1 aliphatic rings. The van der Waals surface area contributed by atoms with E-state index in [1.54, 1.807) is 0 Å². The van der Waals surface area contributed by atoms with Crippen molar-refractivity contribution >= 4 is 15.9 Å². The summed E-state index contributed by atoms with van der Waals surface area (Å²) in [6, 6.07) is 0. The van der Waals surface area contributed by atoms with Gasteiger partial charge in [0.2, 0.25) is 0 Å². The molecule has 3 nitrogen and oxygen atoms in total. The number of halogens is 1. The Morgan fingerprint density at radius 2 is 1.80 bits per heavy atom. The number of likely N-dealkylation sites (tertiary alicyclic amines) is 1. The second kappa shape index (κ2) is 5.66. The van der Waals surface area contributed by atoms with Crippen LogP contribution in [0.1, 0.15) is 32.1 Å². The van der Waals surface area contributed by atoms with Crippen molar-refractivity contribution in [1.29, 1.82) is 0 Å². The van der Waals surface area contributed by atoms with Crippen LogP contribution in [0.2, 0.25) is 0 Å². The lowest BCUT2D eigenvalue weighted by atomic mass is 10.1. The molecule has 1 fully saturated rings. The molecular formula is C11H18BrN3. The zero-order valence-electron chi connectivity index (χ0n) is 9.03. The maximum atomic E-state index is 4.29. The van der Waals surface area contributed by atoms with Crippen LogP contribution in [-0.4, -0.2) is 27.8 Å². The zero-order valence-corrected chi connectivity index (χ0v) is 10.6. The highest BCUT2D eigenvalue weighted by molar-refractivity contribution is 9.10. The Morgan fingerprint density at radius 1 is 1.13 bits per heavy atom. The SMILES string of the molecule is Brc1cnn(CN2CCCCCCC2)c1. The molecule has 1 saturated heterocycles. The normalized spacial score (nSPS) is 19.8. The number of hydrogen-bond acceptors (Lipinski definition) is 2. The van der Waals surface area contributed by atoms with Crippen LogP contribution in [0.4, 0.5) is 0 Å². The van der Waals surface area contributed by atoms with Crippen LogP contribution < -0.4 is 0 Å². The van der Waals surface area contributed by atoms with Crippen molar-refractivity contribution in [1.82, 2.24) is 14.7 Å². The van der Waals surface area contributed by atoms with E-state index in [9.17, 15) is 0 Å². The van der Waals surface area contributed by atoms with Gasteiger partial charge in [-0.3, -0.25) is 9.58 Å². The molecule has 1 aliphatic heterocycles. The van der Waals surface area contributed by atoms with Crippen molar-refractivity contribution < 1.29 is 0 Å².